The van der Waals surface area contributed by atoms with Gasteiger partial charge in [0.2, 0.25) is 5.88 Å². The molecule has 0 atom stereocenters. The molecule has 4 rings (SSSR count). The number of rotatable bonds is 5. The molecular weight excluding hydrogens is 374 g/mol. The zero-order valence-corrected chi connectivity index (χ0v) is 17.1. The summed E-state index contributed by atoms with van der Waals surface area (Å²) in [5.41, 5.74) is 4.94. The molecule has 1 heterocycles. The number of carbonyl (C=O) groups is 1. The van der Waals surface area contributed by atoms with Gasteiger partial charge in [-0.15, -0.1) is 0 Å². The molecule has 0 spiro atoms. The number of ether oxygens (including phenoxy) is 1. The second-order valence-corrected chi connectivity index (χ2v) is 7.64. The van der Waals surface area contributed by atoms with Crippen LogP contribution in [-0.2, 0) is 5.54 Å². The van der Waals surface area contributed by atoms with Gasteiger partial charge in [-0.25, -0.2) is 4.98 Å². The van der Waals surface area contributed by atoms with E-state index in [1.54, 1.807) is 31.4 Å². The number of methoxy groups -OCH3 is 1. The summed E-state index contributed by atoms with van der Waals surface area (Å²) in [7, 11) is 1.61. The summed E-state index contributed by atoms with van der Waals surface area (Å²) in [5, 5.41) is 12.2. The lowest BCUT2D eigenvalue weighted by Crippen LogP contribution is -2.50. The van der Waals surface area contributed by atoms with Crippen molar-refractivity contribution >= 4 is 5.91 Å². The third-order valence-electron chi connectivity index (χ3n) is 5.85. The van der Waals surface area contributed by atoms with Gasteiger partial charge in [-0.05, 0) is 67.6 Å². The van der Waals surface area contributed by atoms with Gasteiger partial charge in [0.05, 0.1) is 24.3 Å². The molecule has 0 saturated heterocycles. The van der Waals surface area contributed by atoms with Gasteiger partial charge in [0.1, 0.15) is 0 Å². The number of hydrogen-bond acceptors (Lipinski definition) is 4. The zero-order valence-electron chi connectivity index (χ0n) is 17.1. The van der Waals surface area contributed by atoms with Crippen molar-refractivity contribution in [3.63, 3.8) is 0 Å². The number of nitrogens with zero attached hydrogens (tertiary/aromatic N) is 2. The number of nitriles is 1. The number of carbonyl (C=O) groups excluding carboxylic acids is 1. The average molecular weight is 397 g/mol. The van der Waals surface area contributed by atoms with Gasteiger partial charge in [-0.2, -0.15) is 5.26 Å². The lowest BCUT2D eigenvalue weighted by molar-refractivity contribution is 0.0823. The molecule has 1 aromatic heterocycles. The molecule has 5 nitrogen and oxygen atoms in total. The summed E-state index contributed by atoms with van der Waals surface area (Å²) in [6.07, 6.45) is 2.91. The molecule has 1 N–H and O–H groups in total. The highest BCUT2D eigenvalue weighted by Gasteiger charge is 2.40. The summed E-state index contributed by atoms with van der Waals surface area (Å²) in [5.74, 6) is 0.491. The molecule has 5 heteroatoms. The molecule has 1 fully saturated rings. The van der Waals surface area contributed by atoms with E-state index >= 15 is 0 Å². The van der Waals surface area contributed by atoms with Gasteiger partial charge in [-0.1, -0.05) is 24.3 Å². The molecular formula is C25H23N3O2. The maximum atomic E-state index is 12.8. The second kappa shape index (κ2) is 8.00. The maximum absolute atomic E-state index is 12.8. The van der Waals surface area contributed by atoms with Crippen LogP contribution in [0.4, 0.5) is 0 Å². The third kappa shape index (κ3) is 3.65. The first-order valence-corrected chi connectivity index (χ1v) is 10.00. The van der Waals surface area contributed by atoms with Crippen molar-refractivity contribution in [3.8, 4) is 23.1 Å². The van der Waals surface area contributed by atoms with E-state index < -0.39 is 0 Å². The fourth-order valence-electron chi connectivity index (χ4n) is 3.93. The van der Waals surface area contributed by atoms with Gasteiger partial charge in [-0.3, -0.25) is 4.79 Å². The Labute approximate surface area is 176 Å². The minimum absolute atomic E-state index is 0.113. The summed E-state index contributed by atoms with van der Waals surface area (Å²) < 4.78 is 5.19. The van der Waals surface area contributed by atoms with Crippen LogP contribution in [0.3, 0.4) is 0 Å². The summed E-state index contributed by atoms with van der Waals surface area (Å²) >= 11 is 0. The van der Waals surface area contributed by atoms with Gasteiger partial charge < -0.3 is 10.1 Å². The Morgan fingerprint density at radius 1 is 1.07 bits per heavy atom. The molecule has 1 aliphatic rings. The van der Waals surface area contributed by atoms with Crippen molar-refractivity contribution in [2.75, 3.05) is 7.11 Å². The van der Waals surface area contributed by atoms with Crippen LogP contribution >= 0.6 is 0 Å². The Hall–Kier alpha value is -3.65. The van der Waals surface area contributed by atoms with Crippen molar-refractivity contribution in [2.45, 2.75) is 31.7 Å². The number of hydrogen-bond donors (Lipinski definition) is 1. The van der Waals surface area contributed by atoms with Gasteiger partial charge in [0, 0.05) is 22.9 Å². The first kappa shape index (κ1) is 19.7. The van der Waals surface area contributed by atoms with Gasteiger partial charge in [0.15, 0.2) is 0 Å². The fourth-order valence-corrected chi connectivity index (χ4v) is 3.93. The molecule has 1 saturated carbocycles. The summed E-state index contributed by atoms with van der Waals surface area (Å²) in [6, 6.07) is 21.0. The zero-order chi connectivity index (χ0) is 21.1. The Bertz CT molecular complexity index is 1110. The summed E-state index contributed by atoms with van der Waals surface area (Å²) in [6.45, 7) is 1.97. The van der Waals surface area contributed by atoms with Crippen LogP contribution in [-0.4, -0.2) is 18.0 Å². The Balaban J connectivity index is 1.56. The van der Waals surface area contributed by atoms with E-state index in [-0.39, 0.29) is 11.4 Å². The van der Waals surface area contributed by atoms with Crippen LogP contribution in [0.1, 0.15) is 46.4 Å². The largest absolute Gasteiger partial charge is 0.481 e. The van der Waals surface area contributed by atoms with E-state index in [0.29, 0.717) is 17.0 Å². The molecule has 0 unspecified atom stereocenters. The molecule has 150 valence electrons. The highest BCUT2D eigenvalue weighted by atomic mass is 16.5. The van der Waals surface area contributed by atoms with Crippen LogP contribution in [0.25, 0.3) is 11.1 Å². The van der Waals surface area contributed by atoms with Crippen LogP contribution in [0.2, 0.25) is 0 Å². The van der Waals surface area contributed by atoms with Crippen molar-refractivity contribution in [1.82, 2.24) is 10.3 Å². The lowest BCUT2D eigenvalue weighted by Gasteiger charge is -2.43. The SMILES string of the molecule is COc1ccc(-c2ccc(C3(NC(=O)c4ccc(C#N)cc4)CCC3)cc2)c(C)n1. The number of benzene rings is 2. The summed E-state index contributed by atoms with van der Waals surface area (Å²) in [4.78, 5) is 17.3. The van der Waals surface area contributed by atoms with Crippen molar-refractivity contribution in [1.29, 1.82) is 5.26 Å². The topological polar surface area (TPSA) is 75.0 Å². The van der Waals surface area contributed by atoms with E-state index in [1.807, 2.05) is 19.1 Å². The quantitative estimate of drug-likeness (QED) is 0.674. The monoisotopic (exact) mass is 397 g/mol. The van der Waals surface area contributed by atoms with Crippen molar-refractivity contribution in [2.24, 2.45) is 0 Å². The molecule has 3 aromatic rings. The van der Waals surface area contributed by atoms with Crippen LogP contribution in [0.5, 0.6) is 5.88 Å². The van der Waals surface area contributed by atoms with Crippen molar-refractivity contribution < 1.29 is 9.53 Å². The van der Waals surface area contributed by atoms with Crippen molar-refractivity contribution in [3.05, 3.63) is 83.0 Å². The predicted molar refractivity (Wildman–Crippen MR) is 115 cm³/mol. The van der Waals surface area contributed by atoms with Crippen LogP contribution in [0, 0.1) is 18.3 Å². The Morgan fingerprint density at radius 3 is 2.30 bits per heavy atom. The molecule has 30 heavy (non-hydrogen) atoms. The number of aromatic nitrogens is 1. The normalized spacial score (nSPS) is 14.3. The predicted octanol–water partition coefficient (Wildman–Crippen LogP) is 4.75. The fraction of sp³-hybridized carbons (Fsp3) is 0.240. The molecule has 0 radical (unpaired) electrons. The van der Waals surface area contributed by atoms with E-state index in [2.05, 4.69) is 40.6 Å². The molecule has 1 amide bonds. The standard InChI is InChI=1S/C25H23N3O2/c1-17-22(12-13-23(27-17)30-2)19-8-10-21(11-9-19)25(14-3-15-25)28-24(29)20-6-4-18(16-26)5-7-20/h4-13H,3,14-15H2,1-2H3,(H,28,29). The first-order valence-electron chi connectivity index (χ1n) is 10.00. The number of aryl methyl sites for hydroxylation is 1. The van der Waals surface area contributed by atoms with E-state index in [9.17, 15) is 4.79 Å². The van der Waals surface area contributed by atoms with E-state index in [0.717, 1.165) is 41.6 Å². The van der Waals surface area contributed by atoms with E-state index in [4.69, 9.17) is 10.00 Å². The number of pyridine rings is 1. The third-order valence-corrected chi connectivity index (χ3v) is 5.85. The van der Waals surface area contributed by atoms with Crippen LogP contribution < -0.4 is 10.1 Å². The van der Waals surface area contributed by atoms with Gasteiger partial charge in [0.25, 0.3) is 5.91 Å². The number of nitrogens with one attached hydrogen (secondary N) is 1. The molecule has 1 aliphatic carbocycles. The van der Waals surface area contributed by atoms with Gasteiger partial charge >= 0.3 is 0 Å². The van der Waals surface area contributed by atoms with E-state index in [1.165, 1.54) is 0 Å². The molecule has 0 bridgehead atoms. The Morgan fingerprint density at radius 2 is 1.77 bits per heavy atom. The molecule has 2 aromatic carbocycles. The highest BCUT2D eigenvalue weighted by molar-refractivity contribution is 5.95. The maximum Gasteiger partial charge on any atom is 0.251 e. The number of amides is 1. The smallest absolute Gasteiger partial charge is 0.251 e. The molecule has 0 aliphatic heterocycles. The Kier molecular flexibility index (Phi) is 5.24. The highest BCUT2D eigenvalue weighted by Crippen LogP contribution is 2.42. The minimum atomic E-state index is -0.337. The lowest BCUT2D eigenvalue weighted by atomic mass is 9.71. The second-order valence-electron chi connectivity index (χ2n) is 7.64. The minimum Gasteiger partial charge on any atom is -0.481 e. The average Bonchev–Trinajstić information content (AvgIpc) is 2.76. The first-order chi connectivity index (χ1) is 14.5. The van der Waals surface area contributed by atoms with Crippen LogP contribution in [0.15, 0.2) is 60.7 Å².